The minimum Gasteiger partial charge on any atom is -1.00 e. The Labute approximate surface area is 248 Å². The van der Waals surface area contributed by atoms with Crippen LogP contribution in [0.25, 0.3) is 0 Å². The molecule has 5 nitrogen and oxygen atoms in total. The lowest BCUT2D eigenvalue weighted by Crippen LogP contribution is -3.00. The van der Waals surface area contributed by atoms with Crippen molar-refractivity contribution in [2.24, 2.45) is 0 Å². The number of ether oxygens (including phenoxy) is 1. The molecule has 1 aromatic heterocycles. The van der Waals surface area contributed by atoms with E-state index >= 15 is 0 Å². The van der Waals surface area contributed by atoms with Gasteiger partial charge >= 0.3 is 0 Å². The van der Waals surface area contributed by atoms with Crippen LogP contribution in [0, 0.1) is 6.92 Å². The van der Waals surface area contributed by atoms with Crippen molar-refractivity contribution in [1.82, 2.24) is 9.88 Å². The first-order valence-electron chi connectivity index (χ1n) is 11.6. The first-order valence-corrected chi connectivity index (χ1v) is 13.2. The highest BCUT2D eigenvalue weighted by atomic mass is 35.5. The minimum absolute atomic E-state index is 0. The Kier molecular flexibility index (Phi) is 11.3. The Bertz CT molecular complexity index is 1380. The van der Waals surface area contributed by atoms with Crippen LogP contribution in [0.2, 0.25) is 20.1 Å². The van der Waals surface area contributed by atoms with Crippen LogP contribution in [0.3, 0.4) is 0 Å². The first-order chi connectivity index (χ1) is 17.8. The molecule has 0 saturated carbocycles. The third kappa shape index (κ3) is 8.63. The van der Waals surface area contributed by atoms with E-state index in [1.807, 2.05) is 71.2 Å². The summed E-state index contributed by atoms with van der Waals surface area (Å²) in [6.45, 7) is 3.45. The van der Waals surface area contributed by atoms with Gasteiger partial charge in [0, 0.05) is 32.2 Å². The molecule has 0 aliphatic rings. The average molecular weight is 614 g/mol. The van der Waals surface area contributed by atoms with E-state index < -0.39 is 6.10 Å². The molecule has 38 heavy (non-hydrogen) atoms. The summed E-state index contributed by atoms with van der Waals surface area (Å²) in [4.78, 5) is 12.5. The number of aryl methyl sites for hydroxylation is 1. The third-order valence-electron chi connectivity index (χ3n) is 5.82. The van der Waals surface area contributed by atoms with Crippen molar-refractivity contribution in [2.75, 3.05) is 0 Å². The number of hydrogen-bond acceptors (Lipinski definition) is 2. The van der Waals surface area contributed by atoms with E-state index in [1.165, 1.54) is 5.56 Å². The molecule has 1 heterocycles. The average Bonchev–Trinajstić information content (AvgIpc) is 3.29. The number of nitrogens with zero attached hydrogens (tertiary/aromatic N) is 2. The van der Waals surface area contributed by atoms with Gasteiger partial charge in [0.05, 0.1) is 6.61 Å². The lowest BCUT2D eigenvalue weighted by Gasteiger charge is -2.19. The summed E-state index contributed by atoms with van der Waals surface area (Å²) < 4.78 is 10.1. The Morgan fingerprint density at radius 2 is 1.66 bits per heavy atom. The highest BCUT2D eigenvalue weighted by Crippen LogP contribution is 2.30. The quantitative estimate of drug-likeness (QED) is 0.275. The highest BCUT2D eigenvalue weighted by molar-refractivity contribution is 6.35. The summed E-state index contributed by atoms with van der Waals surface area (Å²) in [5, 5.41) is 5.10. The predicted molar refractivity (Wildman–Crippen MR) is 148 cm³/mol. The molecule has 4 rings (SSSR count). The maximum absolute atomic E-state index is 12.5. The summed E-state index contributed by atoms with van der Waals surface area (Å²) in [5.74, 6) is -0.0748. The topological polar surface area (TPSA) is 47.1 Å². The van der Waals surface area contributed by atoms with Crippen molar-refractivity contribution >= 4 is 52.3 Å². The molecule has 1 atom stereocenters. The molecule has 0 radical (unpaired) electrons. The van der Waals surface area contributed by atoms with Crippen LogP contribution in [0.1, 0.15) is 28.4 Å². The van der Waals surface area contributed by atoms with Gasteiger partial charge < -0.3 is 22.5 Å². The summed E-state index contributed by atoms with van der Waals surface area (Å²) in [5.41, 5.74) is 3.86. The molecule has 3 aromatic carbocycles. The Morgan fingerprint density at radius 3 is 2.34 bits per heavy atom. The minimum atomic E-state index is -0.396. The van der Waals surface area contributed by atoms with E-state index in [9.17, 15) is 4.79 Å². The number of rotatable bonds is 10. The maximum Gasteiger partial charge on any atom is 0.262 e. The number of amides is 1. The number of carbonyl (C=O) groups is 1. The summed E-state index contributed by atoms with van der Waals surface area (Å²) in [6, 6.07) is 18.7. The zero-order valence-electron chi connectivity index (χ0n) is 20.5. The van der Waals surface area contributed by atoms with Crippen LogP contribution in [-0.4, -0.2) is 10.5 Å². The summed E-state index contributed by atoms with van der Waals surface area (Å²) in [6.07, 6.45) is 5.21. The van der Waals surface area contributed by atoms with Crippen molar-refractivity contribution in [2.45, 2.75) is 39.3 Å². The first kappa shape index (κ1) is 30.3. The van der Waals surface area contributed by atoms with E-state index in [4.69, 9.17) is 51.1 Å². The fraction of sp³-hybridized carbons (Fsp3) is 0.214. The largest absolute Gasteiger partial charge is 1.00 e. The van der Waals surface area contributed by atoms with Crippen molar-refractivity contribution in [3.8, 4) is 0 Å². The van der Waals surface area contributed by atoms with Gasteiger partial charge in [-0.2, -0.15) is 0 Å². The van der Waals surface area contributed by atoms with E-state index in [0.29, 0.717) is 33.2 Å². The number of nitrogens with one attached hydrogen (secondary N) is 1. The predicted octanol–water partition coefficient (Wildman–Crippen LogP) is 3.98. The molecule has 1 unspecified atom stereocenters. The van der Waals surface area contributed by atoms with Crippen LogP contribution >= 0.6 is 46.4 Å². The summed E-state index contributed by atoms with van der Waals surface area (Å²) in [7, 11) is 0. The van der Waals surface area contributed by atoms with Gasteiger partial charge in [-0.3, -0.25) is 4.79 Å². The van der Waals surface area contributed by atoms with Gasteiger partial charge in [0.15, 0.2) is 6.54 Å². The van der Waals surface area contributed by atoms with Crippen LogP contribution in [0.4, 0.5) is 0 Å². The molecule has 1 amide bonds. The number of halogens is 5. The van der Waals surface area contributed by atoms with Crippen molar-refractivity contribution in [3.05, 3.63) is 122 Å². The fourth-order valence-corrected chi connectivity index (χ4v) is 4.79. The van der Waals surface area contributed by atoms with Crippen molar-refractivity contribution < 1.29 is 26.5 Å². The fourth-order valence-electron chi connectivity index (χ4n) is 3.79. The van der Waals surface area contributed by atoms with Gasteiger partial charge in [0.1, 0.15) is 25.0 Å². The van der Waals surface area contributed by atoms with Crippen molar-refractivity contribution in [3.63, 3.8) is 0 Å². The lowest BCUT2D eigenvalue weighted by molar-refractivity contribution is -0.704. The van der Waals surface area contributed by atoms with E-state index in [2.05, 4.69) is 5.32 Å². The molecule has 0 aliphatic heterocycles. The molecular formula is C28H26Cl5N3O2. The van der Waals surface area contributed by atoms with Crippen LogP contribution in [-0.2, 0) is 35.8 Å². The Hall–Kier alpha value is -2.25. The normalized spacial score (nSPS) is 11.6. The van der Waals surface area contributed by atoms with Crippen LogP contribution in [0.5, 0.6) is 0 Å². The van der Waals surface area contributed by atoms with E-state index in [-0.39, 0.29) is 31.5 Å². The smallest absolute Gasteiger partial charge is 0.262 e. The monoisotopic (exact) mass is 611 g/mol. The number of imidazole rings is 1. The number of benzene rings is 3. The molecule has 0 aliphatic carbocycles. The Balaban J connectivity index is 0.00000400. The molecule has 0 bridgehead atoms. The molecule has 200 valence electrons. The SMILES string of the molecule is Cc1ccc(CNC(=O)Cn2cc[n+](CC(OCc3ccc(Cl)cc3Cl)c3ccc(Cl)cc3Cl)c2)cc1.[Cl-]. The zero-order valence-corrected chi connectivity index (χ0v) is 24.3. The molecule has 0 fully saturated rings. The zero-order chi connectivity index (χ0) is 26.4. The Morgan fingerprint density at radius 1 is 0.974 bits per heavy atom. The molecule has 0 spiro atoms. The van der Waals surface area contributed by atoms with Gasteiger partial charge in [-0.05, 0) is 42.3 Å². The van der Waals surface area contributed by atoms with Gasteiger partial charge in [-0.25, -0.2) is 9.13 Å². The second-order valence-electron chi connectivity index (χ2n) is 8.75. The number of hydrogen-bond donors (Lipinski definition) is 1. The highest BCUT2D eigenvalue weighted by Gasteiger charge is 2.21. The van der Waals surface area contributed by atoms with E-state index in [1.54, 1.807) is 24.3 Å². The second kappa shape index (κ2) is 14.2. The van der Waals surface area contributed by atoms with Gasteiger partial charge in [-0.15, -0.1) is 0 Å². The van der Waals surface area contributed by atoms with E-state index in [0.717, 1.165) is 16.7 Å². The molecule has 1 N–H and O–H groups in total. The van der Waals surface area contributed by atoms with Crippen molar-refractivity contribution in [1.29, 1.82) is 0 Å². The molecule has 0 saturated heterocycles. The number of aromatic nitrogens is 2. The molecule has 10 heteroatoms. The van der Waals surface area contributed by atoms with Gasteiger partial charge in [-0.1, -0.05) is 88.4 Å². The lowest BCUT2D eigenvalue weighted by atomic mass is 10.1. The van der Waals surface area contributed by atoms with Gasteiger partial charge in [0.2, 0.25) is 6.33 Å². The maximum atomic E-state index is 12.5. The molecular weight excluding hydrogens is 588 g/mol. The van der Waals surface area contributed by atoms with Gasteiger partial charge in [0.25, 0.3) is 5.91 Å². The standard InChI is InChI=1S/C28H25Cl4N3O2.ClH/c1-19-2-4-20(5-3-19)14-33-28(36)16-35-11-10-34(18-35)15-27(24-9-8-23(30)13-26(24)32)37-17-21-6-7-22(29)12-25(21)31;/h2-13,18,27H,14-17H2,1H3;1H. The summed E-state index contributed by atoms with van der Waals surface area (Å²) >= 11 is 25.0. The van der Waals surface area contributed by atoms with Crippen LogP contribution < -0.4 is 22.3 Å². The van der Waals surface area contributed by atoms with Crippen LogP contribution in [0.15, 0.2) is 79.4 Å². The number of carbonyl (C=O) groups excluding carboxylic acids is 1. The molecule has 4 aromatic rings. The third-order valence-corrected chi connectivity index (χ3v) is 6.97. The second-order valence-corrected chi connectivity index (χ2v) is 10.4.